The van der Waals surface area contributed by atoms with E-state index in [-0.39, 0.29) is 11.6 Å². The van der Waals surface area contributed by atoms with Crippen LogP contribution in [0.3, 0.4) is 0 Å². The SMILES string of the molecule is CC(=O)c1cc(C)c(C)c(-c2ccc(C(C)=O)c(Cl)c2)c1. The van der Waals surface area contributed by atoms with E-state index in [4.69, 9.17) is 11.6 Å². The minimum Gasteiger partial charge on any atom is -0.295 e. The van der Waals surface area contributed by atoms with Crippen LogP contribution in [0.15, 0.2) is 30.3 Å². The third kappa shape index (κ3) is 3.06. The summed E-state index contributed by atoms with van der Waals surface area (Å²) in [6, 6.07) is 9.16. The summed E-state index contributed by atoms with van der Waals surface area (Å²) < 4.78 is 0. The molecule has 108 valence electrons. The van der Waals surface area contributed by atoms with Crippen molar-refractivity contribution in [3.8, 4) is 11.1 Å². The van der Waals surface area contributed by atoms with Gasteiger partial charge in [0.2, 0.25) is 0 Å². The third-order valence-electron chi connectivity index (χ3n) is 3.73. The van der Waals surface area contributed by atoms with Gasteiger partial charge in [-0.25, -0.2) is 0 Å². The molecule has 2 rings (SSSR count). The zero-order valence-electron chi connectivity index (χ0n) is 12.6. The molecule has 0 radical (unpaired) electrons. The fraction of sp³-hybridized carbons (Fsp3) is 0.222. The maximum absolute atomic E-state index is 11.6. The molecule has 0 aliphatic carbocycles. The van der Waals surface area contributed by atoms with Gasteiger partial charge >= 0.3 is 0 Å². The molecule has 0 aromatic heterocycles. The van der Waals surface area contributed by atoms with Crippen LogP contribution in [0, 0.1) is 13.8 Å². The predicted molar refractivity (Wildman–Crippen MR) is 86.4 cm³/mol. The third-order valence-corrected chi connectivity index (χ3v) is 4.05. The molecule has 0 spiro atoms. The Morgan fingerprint density at radius 3 is 2.14 bits per heavy atom. The molecule has 0 aliphatic heterocycles. The van der Waals surface area contributed by atoms with Crippen molar-refractivity contribution in [2.24, 2.45) is 0 Å². The molecule has 2 aromatic carbocycles. The number of halogens is 1. The first-order chi connectivity index (χ1) is 9.81. The number of hydrogen-bond donors (Lipinski definition) is 0. The van der Waals surface area contributed by atoms with Crippen molar-refractivity contribution in [2.75, 3.05) is 0 Å². The fourth-order valence-corrected chi connectivity index (χ4v) is 2.64. The van der Waals surface area contributed by atoms with E-state index >= 15 is 0 Å². The Bertz CT molecular complexity index is 745. The molecule has 0 aliphatic rings. The highest BCUT2D eigenvalue weighted by molar-refractivity contribution is 6.34. The molecular weight excluding hydrogens is 284 g/mol. The Kier molecular flexibility index (Phi) is 4.29. The largest absolute Gasteiger partial charge is 0.295 e. The summed E-state index contributed by atoms with van der Waals surface area (Å²) in [6.07, 6.45) is 0. The molecule has 2 nitrogen and oxygen atoms in total. The normalized spacial score (nSPS) is 10.5. The van der Waals surface area contributed by atoms with Crippen LogP contribution >= 0.6 is 11.6 Å². The highest BCUT2D eigenvalue weighted by Crippen LogP contribution is 2.31. The number of ketones is 2. The summed E-state index contributed by atoms with van der Waals surface area (Å²) in [5, 5.41) is 0.435. The average molecular weight is 301 g/mol. The van der Waals surface area contributed by atoms with Crippen LogP contribution in [-0.2, 0) is 0 Å². The number of Topliss-reactive ketones (excluding diaryl/α,β-unsaturated/α-hetero) is 2. The van der Waals surface area contributed by atoms with E-state index < -0.39 is 0 Å². The molecule has 0 saturated heterocycles. The molecule has 0 heterocycles. The molecule has 0 saturated carbocycles. The number of carbonyl (C=O) groups excluding carboxylic acids is 2. The second-order valence-corrected chi connectivity index (χ2v) is 5.68. The van der Waals surface area contributed by atoms with Gasteiger partial charge in [0, 0.05) is 11.1 Å². The van der Waals surface area contributed by atoms with E-state index in [0.717, 1.165) is 22.3 Å². The van der Waals surface area contributed by atoms with Crippen molar-refractivity contribution >= 4 is 23.2 Å². The van der Waals surface area contributed by atoms with Crippen LogP contribution in [-0.4, -0.2) is 11.6 Å². The van der Waals surface area contributed by atoms with Gasteiger partial charge in [0.25, 0.3) is 0 Å². The van der Waals surface area contributed by atoms with Crippen LogP contribution in [0.25, 0.3) is 11.1 Å². The smallest absolute Gasteiger partial charge is 0.161 e. The monoisotopic (exact) mass is 300 g/mol. The van der Waals surface area contributed by atoms with E-state index in [1.165, 1.54) is 6.92 Å². The van der Waals surface area contributed by atoms with Crippen molar-refractivity contribution in [3.63, 3.8) is 0 Å². The first-order valence-electron chi connectivity index (χ1n) is 6.74. The lowest BCUT2D eigenvalue weighted by Gasteiger charge is -2.12. The topological polar surface area (TPSA) is 34.1 Å². The molecule has 0 atom stereocenters. The first kappa shape index (κ1) is 15.5. The Labute approximate surface area is 129 Å². The van der Waals surface area contributed by atoms with Gasteiger partial charge in [-0.1, -0.05) is 17.7 Å². The maximum Gasteiger partial charge on any atom is 0.161 e. The number of carbonyl (C=O) groups is 2. The quantitative estimate of drug-likeness (QED) is 0.745. The standard InChI is InChI=1S/C18H17ClO2/c1-10-7-15(12(3)20)8-17(11(10)2)14-5-6-16(13(4)21)18(19)9-14/h5-9H,1-4H3. The van der Waals surface area contributed by atoms with Crippen molar-refractivity contribution in [1.82, 2.24) is 0 Å². The Hall–Kier alpha value is -1.93. The van der Waals surface area contributed by atoms with Crippen LogP contribution in [0.2, 0.25) is 5.02 Å². The number of hydrogen-bond acceptors (Lipinski definition) is 2. The van der Waals surface area contributed by atoms with E-state index in [2.05, 4.69) is 0 Å². The van der Waals surface area contributed by atoms with E-state index in [9.17, 15) is 9.59 Å². The summed E-state index contributed by atoms with van der Waals surface area (Å²) in [4.78, 5) is 23.1. The van der Waals surface area contributed by atoms with Crippen LogP contribution in [0.1, 0.15) is 45.7 Å². The van der Waals surface area contributed by atoms with Gasteiger partial charge in [-0.2, -0.15) is 0 Å². The Morgan fingerprint density at radius 2 is 1.62 bits per heavy atom. The summed E-state index contributed by atoms with van der Waals surface area (Å²) in [7, 11) is 0. The van der Waals surface area contributed by atoms with Gasteiger partial charge in [0.15, 0.2) is 11.6 Å². The second-order valence-electron chi connectivity index (χ2n) is 5.27. The van der Waals surface area contributed by atoms with Crippen molar-refractivity contribution in [2.45, 2.75) is 27.7 Å². The molecule has 3 heteroatoms. The zero-order chi connectivity index (χ0) is 15.7. The van der Waals surface area contributed by atoms with Crippen molar-refractivity contribution < 1.29 is 9.59 Å². The lowest BCUT2D eigenvalue weighted by molar-refractivity contribution is 0.100. The Morgan fingerprint density at radius 1 is 0.952 bits per heavy atom. The summed E-state index contributed by atoms with van der Waals surface area (Å²) in [5.41, 5.74) is 5.24. The second kappa shape index (κ2) is 5.82. The van der Waals surface area contributed by atoms with E-state index in [1.54, 1.807) is 19.1 Å². The fourth-order valence-electron chi connectivity index (χ4n) is 2.33. The minimum atomic E-state index is -0.0584. The summed E-state index contributed by atoms with van der Waals surface area (Å²) >= 11 is 6.18. The highest BCUT2D eigenvalue weighted by atomic mass is 35.5. The van der Waals surface area contributed by atoms with Gasteiger partial charge in [-0.05, 0) is 74.2 Å². The number of rotatable bonds is 3. The Balaban J connectivity index is 2.64. The van der Waals surface area contributed by atoms with Crippen LogP contribution in [0.5, 0.6) is 0 Å². The molecule has 0 amide bonds. The van der Waals surface area contributed by atoms with Crippen LogP contribution in [0.4, 0.5) is 0 Å². The molecule has 0 unspecified atom stereocenters. The summed E-state index contributed by atoms with van der Waals surface area (Å²) in [5.74, 6) is -0.0252. The number of aryl methyl sites for hydroxylation is 1. The van der Waals surface area contributed by atoms with Gasteiger partial charge in [0.05, 0.1) is 5.02 Å². The van der Waals surface area contributed by atoms with Crippen molar-refractivity contribution in [1.29, 1.82) is 0 Å². The van der Waals surface area contributed by atoms with Gasteiger partial charge in [0.1, 0.15) is 0 Å². The number of benzene rings is 2. The summed E-state index contributed by atoms with van der Waals surface area (Å²) in [6.45, 7) is 7.05. The molecule has 21 heavy (non-hydrogen) atoms. The van der Waals surface area contributed by atoms with E-state index in [0.29, 0.717) is 16.1 Å². The minimum absolute atomic E-state index is 0.0332. The van der Waals surface area contributed by atoms with Gasteiger partial charge in [-0.3, -0.25) is 9.59 Å². The lowest BCUT2D eigenvalue weighted by atomic mass is 9.92. The van der Waals surface area contributed by atoms with Crippen molar-refractivity contribution in [3.05, 3.63) is 57.6 Å². The van der Waals surface area contributed by atoms with Gasteiger partial charge in [-0.15, -0.1) is 0 Å². The predicted octanol–water partition coefficient (Wildman–Crippen LogP) is 5.03. The van der Waals surface area contributed by atoms with Gasteiger partial charge < -0.3 is 0 Å². The van der Waals surface area contributed by atoms with Crippen LogP contribution < -0.4 is 0 Å². The zero-order valence-corrected chi connectivity index (χ0v) is 13.3. The highest BCUT2D eigenvalue weighted by Gasteiger charge is 2.12. The molecule has 0 fully saturated rings. The maximum atomic E-state index is 11.6. The molecule has 0 bridgehead atoms. The van der Waals surface area contributed by atoms with E-state index in [1.807, 2.05) is 32.0 Å². The lowest BCUT2D eigenvalue weighted by Crippen LogP contribution is -1.98. The average Bonchev–Trinajstić information content (AvgIpc) is 2.40. The molecular formula is C18H17ClO2. The molecule has 0 N–H and O–H groups in total. The molecule has 2 aromatic rings. The first-order valence-corrected chi connectivity index (χ1v) is 7.12.